The second kappa shape index (κ2) is 6.30. The van der Waals surface area contributed by atoms with E-state index in [4.69, 9.17) is 14.7 Å². The lowest BCUT2D eigenvalue weighted by Crippen LogP contribution is -2.50. The number of carbonyl (C=O) groups is 2. The van der Waals surface area contributed by atoms with Gasteiger partial charge in [-0.2, -0.15) is 18.4 Å². The molecule has 5 atom stereocenters. The van der Waals surface area contributed by atoms with Crippen LogP contribution in [-0.2, 0) is 25.2 Å². The lowest BCUT2D eigenvalue weighted by molar-refractivity contribution is -0.138. The van der Waals surface area contributed by atoms with Crippen molar-refractivity contribution in [3.05, 3.63) is 29.3 Å². The number of ether oxygens (including phenoxy) is 2. The summed E-state index contributed by atoms with van der Waals surface area (Å²) in [6.45, 7) is 4.10. The molecule has 1 aromatic carbocycles. The topological polar surface area (TPSA) is 79.6 Å². The number of halogens is 3. The maximum absolute atomic E-state index is 13.4. The van der Waals surface area contributed by atoms with Gasteiger partial charge >= 0.3 is 6.18 Å². The van der Waals surface area contributed by atoms with Crippen LogP contribution >= 0.6 is 0 Å². The van der Waals surface area contributed by atoms with Gasteiger partial charge in [-0.3, -0.25) is 9.59 Å². The van der Waals surface area contributed by atoms with Gasteiger partial charge in [0.2, 0.25) is 11.8 Å². The Morgan fingerprint density at radius 3 is 2.52 bits per heavy atom. The zero-order chi connectivity index (χ0) is 22.3. The Hall–Kier alpha value is -2.44. The van der Waals surface area contributed by atoms with Crippen LogP contribution in [0, 0.1) is 29.1 Å². The molecule has 1 saturated carbocycles. The normalized spacial score (nSPS) is 36.8. The summed E-state index contributed by atoms with van der Waals surface area (Å²) in [6, 6.07) is 4.40. The molecule has 6 nitrogen and oxygen atoms in total. The summed E-state index contributed by atoms with van der Waals surface area (Å²) in [6.07, 6.45) is -2.48. The number of fused-ring (bicyclic) bond motifs is 5. The summed E-state index contributed by atoms with van der Waals surface area (Å²) in [4.78, 5) is 27.5. The highest BCUT2D eigenvalue weighted by atomic mass is 19.4. The molecule has 31 heavy (non-hydrogen) atoms. The summed E-state index contributed by atoms with van der Waals surface area (Å²) in [5.41, 5.74) is -3.86. The third-order valence-corrected chi connectivity index (χ3v) is 7.18. The SMILES string of the molecule is C[C@]12O[C@](C)(C[C@@H]1OCC1CC1)[C@H]1C(=O)N(c3ccc(C#N)c(C(F)(F)F)c3)C(=O)[C@H]12. The van der Waals surface area contributed by atoms with E-state index in [2.05, 4.69) is 0 Å². The van der Waals surface area contributed by atoms with Crippen LogP contribution in [0.2, 0.25) is 0 Å². The molecule has 0 unspecified atom stereocenters. The predicted octanol–water partition coefficient (Wildman–Crippen LogP) is 3.43. The highest BCUT2D eigenvalue weighted by molar-refractivity contribution is 6.23. The zero-order valence-electron chi connectivity index (χ0n) is 17.0. The van der Waals surface area contributed by atoms with Crippen molar-refractivity contribution in [1.29, 1.82) is 5.26 Å². The van der Waals surface area contributed by atoms with Crippen LogP contribution in [0.1, 0.15) is 44.2 Å². The number of nitrogens with zero attached hydrogens (tertiary/aromatic N) is 2. The van der Waals surface area contributed by atoms with E-state index in [9.17, 15) is 22.8 Å². The molecule has 1 aromatic rings. The largest absolute Gasteiger partial charge is 0.417 e. The Balaban J connectivity index is 1.50. The molecule has 1 aliphatic carbocycles. The molecule has 0 radical (unpaired) electrons. The second-order valence-corrected chi connectivity index (χ2v) is 9.37. The molecule has 2 amide bonds. The van der Waals surface area contributed by atoms with Gasteiger partial charge in [0.15, 0.2) is 0 Å². The molecule has 9 heteroatoms. The van der Waals surface area contributed by atoms with E-state index in [-0.39, 0.29) is 11.8 Å². The van der Waals surface area contributed by atoms with Crippen LogP contribution in [0.5, 0.6) is 0 Å². The van der Waals surface area contributed by atoms with Crippen molar-refractivity contribution in [1.82, 2.24) is 0 Å². The summed E-state index contributed by atoms with van der Waals surface area (Å²) >= 11 is 0. The van der Waals surface area contributed by atoms with Gasteiger partial charge in [0.25, 0.3) is 0 Å². The average molecular weight is 434 g/mol. The molecule has 2 bridgehead atoms. The molecule has 0 aromatic heterocycles. The molecule has 5 rings (SSSR count). The van der Waals surface area contributed by atoms with Crippen LogP contribution in [0.25, 0.3) is 0 Å². The van der Waals surface area contributed by atoms with Gasteiger partial charge in [-0.05, 0) is 50.8 Å². The minimum Gasteiger partial charge on any atom is -0.375 e. The van der Waals surface area contributed by atoms with Gasteiger partial charge in [0, 0.05) is 13.0 Å². The molecule has 3 heterocycles. The molecule has 4 fully saturated rings. The van der Waals surface area contributed by atoms with Gasteiger partial charge in [-0.15, -0.1) is 0 Å². The van der Waals surface area contributed by atoms with Gasteiger partial charge < -0.3 is 9.47 Å². The number of carbonyl (C=O) groups excluding carboxylic acids is 2. The van der Waals surface area contributed by atoms with E-state index in [0.717, 1.165) is 23.8 Å². The number of imide groups is 1. The monoisotopic (exact) mass is 434 g/mol. The number of amides is 2. The summed E-state index contributed by atoms with van der Waals surface area (Å²) in [5.74, 6) is -2.25. The zero-order valence-corrected chi connectivity index (χ0v) is 17.0. The molecule has 164 valence electrons. The lowest BCUT2D eigenvalue weighted by atomic mass is 9.67. The van der Waals surface area contributed by atoms with Gasteiger partial charge in [-0.1, -0.05) is 0 Å². The fourth-order valence-corrected chi connectivity index (χ4v) is 5.52. The number of alkyl halides is 3. The fraction of sp³-hybridized carbons (Fsp3) is 0.591. The van der Waals surface area contributed by atoms with Crippen LogP contribution in [0.3, 0.4) is 0 Å². The van der Waals surface area contributed by atoms with Gasteiger partial charge in [0.05, 0.1) is 46.4 Å². The quantitative estimate of drug-likeness (QED) is 0.679. The standard InChI is InChI=1S/C22H21F3N2O4/c1-20-8-15(30-10-11-3-4-11)21(2,31-20)17-16(20)18(28)27(19(17)29)13-6-5-12(9-26)14(7-13)22(23,24)25/h5-7,11,15-17H,3-4,8,10H2,1-2H3/t15-,16+,17-,20+,21-/m0/s1. The van der Waals surface area contributed by atoms with Crippen molar-refractivity contribution < 1.29 is 32.2 Å². The number of hydrogen-bond donors (Lipinski definition) is 0. The Kier molecular flexibility index (Phi) is 4.16. The predicted molar refractivity (Wildman–Crippen MR) is 101 cm³/mol. The minimum atomic E-state index is -4.79. The molecular formula is C22H21F3N2O4. The Morgan fingerprint density at radius 1 is 1.23 bits per heavy atom. The highest BCUT2D eigenvalue weighted by Gasteiger charge is 2.76. The van der Waals surface area contributed by atoms with Crippen LogP contribution in [0.4, 0.5) is 18.9 Å². The number of nitriles is 1. The molecular weight excluding hydrogens is 413 g/mol. The molecule has 0 N–H and O–H groups in total. The van der Waals surface area contributed by atoms with E-state index in [1.165, 1.54) is 12.1 Å². The van der Waals surface area contributed by atoms with E-state index in [1.807, 2.05) is 0 Å². The Labute approximate surface area is 176 Å². The summed E-state index contributed by atoms with van der Waals surface area (Å²) < 4.78 is 52.5. The number of hydrogen-bond acceptors (Lipinski definition) is 5. The van der Waals surface area contributed by atoms with Crippen molar-refractivity contribution in [2.45, 2.75) is 56.6 Å². The van der Waals surface area contributed by atoms with Crippen molar-refractivity contribution in [3.8, 4) is 6.07 Å². The van der Waals surface area contributed by atoms with Gasteiger partial charge in [-0.25, -0.2) is 4.90 Å². The Morgan fingerprint density at radius 2 is 1.90 bits per heavy atom. The third-order valence-electron chi connectivity index (χ3n) is 7.18. The van der Waals surface area contributed by atoms with Gasteiger partial charge in [0.1, 0.15) is 5.60 Å². The van der Waals surface area contributed by atoms with Crippen LogP contribution in [-0.4, -0.2) is 35.7 Å². The van der Waals surface area contributed by atoms with Crippen molar-refractivity contribution in [2.24, 2.45) is 17.8 Å². The Bertz CT molecular complexity index is 1030. The lowest BCUT2D eigenvalue weighted by Gasteiger charge is -2.35. The number of rotatable bonds is 4. The number of anilines is 1. The maximum Gasteiger partial charge on any atom is 0.417 e. The second-order valence-electron chi connectivity index (χ2n) is 9.37. The van der Waals surface area contributed by atoms with Crippen molar-refractivity contribution in [3.63, 3.8) is 0 Å². The van der Waals surface area contributed by atoms with E-state index >= 15 is 0 Å². The summed E-state index contributed by atoms with van der Waals surface area (Å²) in [7, 11) is 0. The molecule has 3 saturated heterocycles. The molecule has 3 aliphatic heterocycles. The van der Waals surface area contributed by atoms with Crippen molar-refractivity contribution in [2.75, 3.05) is 11.5 Å². The summed E-state index contributed by atoms with van der Waals surface area (Å²) in [5, 5.41) is 9.01. The first-order valence-corrected chi connectivity index (χ1v) is 10.3. The third kappa shape index (κ3) is 2.84. The molecule has 0 spiro atoms. The van der Waals surface area contributed by atoms with Crippen LogP contribution < -0.4 is 4.90 Å². The first-order chi connectivity index (χ1) is 14.5. The van der Waals surface area contributed by atoms with Crippen LogP contribution in [0.15, 0.2) is 18.2 Å². The fourth-order valence-electron chi connectivity index (χ4n) is 5.52. The highest BCUT2D eigenvalue weighted by Crippen LogP contribution is 2.62. The maximum atomic E-state index is 13.4. The van der Waals surface area contributed by atoms with Crippen molar-refractivity contribution >= 4 is 17.5 Å². The first-order valence-electron chi connectivity index (χ1n) is 10.3. The first kappa shape index (κ1) is 20.5. The van der Waals surface area contributed by atoms with E-state index in [0.29, 0.717) is 25.0 Å². The number of benzene rings is 1. The molecule has 4 aliphatic rings. The van der Waals surface area contributed by atoms with E-state index < -0.39 is 52.2 Å². The smallest absolute Gasteiger partial charge is 0.375 e. The van der Waals surface area contributed by atoms with E-state index in [1.54, 1.807) is 13.8 Å². The minimum absolute atomic E-state index is 0.183. The average Bonchev–Trinajstić information content (AvgIpc) is 3.36.